The van der Waals surface area contributed by atoms with Gasteiger partial charge in [-0.15, -0.1) is 0 Å². The molecule has 0 unspecified atom stereocenters. The number of rotatable bonds is 5. The van der Waals surface area contributed by atoms with Crippen LogP contribution in [0.25, 0.3) is 0 Å². The van der Waals surface area contributed by atoms with Gasteiger partial charge in [0.15, 0.2) is 0 Å². The minimum Gasteiger partial charge on any atom is -0.320 e. The van der Waals surface area contributed by atoms with E-state index in [4.69, 9.17) is 0 Å². The van der Waals surface area contributed by atoms with Crippen LogP contribution in [-0.2, 0) is 6.54 Å². The van der Waals surface area contributed by atoms with Gasteiger partial charge in [0.1, 0.15) is 12.7 Å². The molecule has 0 aliphatic rings. The molecule has 0 bridgehead atoms. The molecule has 0 aromatic carbocycles. The normalized spacial score (nSPS) is 10.3. The minimum absolute atomic E-state index is 0.974. The monoisotopic (exact) mass is 154 g/mol. The third-order valence-corrected chi connectivity index (χ3v) is 1.53. The Hall–Kier alpha value is -0.900. The molecule has 0 atom stereocenters. The molecule has 0 saturated heterocycles. The lowest BCUT2D eigenvalue weighted by molar-refractivity contribution is 0.546. The predicted octanol–water partition coefficient (Wildman–Crippen LogP) is 0.278. The molecule has 62 valence electrons. The molecule has 0 fully saturated rings. The van der Waals surface area contributed by atoms with Gasteiger partial charge >= 0.3 is 0 Å². The van der Waals surface area contributed by atoms with Crippen molar-refractivity contribution in [3.05, 3.63) is 12.7 Å². The molecule has 0 aliphatic carbocycles. The fourth-order valence-electron chi connectivity index (χ4n) is 0.924. The number of hydrogen-bond acceptors (Lipinski definition) is 3. The van der Waals surface area contributed by atoms with E-state index < -0.39 is 0 Å². The van der Waals surface area contributed by atoms with Gasteiger partial charge in [-0.3, -0.25) is 4.68 Å². The van der Waals surface area contributed by atoms with Crippen molar-refractivity contribution in [2.24, 2.45) is 0 Å². The summed E-state index contributed by atoms with van der Waals surface area (Å²) in [6, 6.07) is 0. The molecular formula is C7H14N4. The molecule has 1 aromatic heterocycles. The first-order valence-corrected chi connectivity index (χ1v) is 3.90. The number of nitrogens with zero attached hydrogens (tertiary/aromatic N) is 3. The smallest absolute Gasteiger partial charge is 0.137 e. The Morgan fingerprint density at radius 2 is 2.36 bits per heavy atom. The lowest BCUT2D eigenvalue weighted by Gasteiger charge is -1.99. The van der Waals surface area contributed by atoms with Crippen molar-refractivity contribution in [3.8, 4) is 0 Å². The van der Waals surface area contributed by atoms with Crippen molar-refractivity contribution in [1.29, 1.82) is 0 Å². The third kappa shape index (κ3) is 3.13. The van der Waals surface area contributed by atoms with Crippen LogP contribution in [0, 0.1) is 0 Å². The number of hydrogen-bond donors (Lipinski definition) is 1. The second kappa shape index (κ2) is 4.85. The van der Waals surface area contributed by atoms with E-state index in [1.54, 1.807) is 12.7 Å². The highest BCUT2D eigenvalue weighted by molar-refractivity contribution is 4.55. The quantitative estimate of drug-likeness (QED) is 0.619. The maximum atomic E-state index is 4.00. The fourth-order valence-corrected chi connectivity index (χ4v) is 0.924. The maximum Gasteiger partial charge on any atom is 0.137 e. The van der Waals surface area contributed by atoms with Crippen molar-refractivity contribution in [3.63, 3.8) is 0 Å². The van der Waals surface area contributed by atoms with Crippen molar-refractivity contribution in [2.75, 3.05) is 13.6 Å². The third-order valence-electron chi connectivity index (χ3n) is 1.53. The summed E-state index contributed by atoms with van der Waals surface area (Å²) in [6.07, 6.45) is 5.66. The van der Waals surface area contributed by atoms with Crippen LogP contribution < -0.4 is 5.32 Å². The second-order valence-corrected chi connectivity index (χ2v) is 2.47. The molecule has 1 aromatic rings. The fraction of sp³-hybridized carbons (Fsp3) is 0.714. The molecule has 11 heavy (non-hydrogen) atoms. The first-order chi connectivity index (χ1) is 5.43. The van der Waals surface area contributed by atoms with Gasteiger partial charge in [0.05, 0.1) is 0 Å². The number of aromatic nitrogens is 3. The van der Waals surface area contributed by atoms with Gasteiger partial charge in [0.2, 0.25) is 0 Å². The molecule has 0 spiro atoms. The van der Waals surface area contributed by atoms with Crippen molar-refractivity contribution < 1.29 is 0 Å². The lowest BCUT2D eigenvalue weighted by atomic mass is 10.3. The molecule has 0 aliphatic heterocycles. The Bertz CT molecular complexity index is 171. The minimum atomic E-state index is 0.974. The highest BCUT2D eigenvalue weighted by atomic mass is 15.3. The largest absolute Gasteiger partial charge is 0.320 e. The van der Waals surface area contributed by atoms with Crippen LogP contribution in [0.3, 0.4) is 0 Å². The Kier molecular flexibility index (Phi) is 3.61. The van der Waals surface area contributed by atoms with Crippen LogP contribution in [0.2, 0.25) is 0 Å². The molecule has 0 amide bonds. The van der Waals surface area contributed by atoms with E-state index in [0.717, 1.165) is 19.5 Å². The summed E-state index contributed by atoms with van der Waals surface area (Å²) in [7, 11) is 1.97. The van der Waals surface area contributed by atoms with Crippen LogP contribution in [0.4, 0.5) is 0 Å². The predicted molar refractivity (Wildman–Crippen MR) is 43.2 cm³/mol. The summed E-state index contributed by atoms with van der Waals surface area (Å²) in [5.41, 5.74) is 0. The topological polar surface area (TPSA) is 42.7 Å². The van der Waals surface area contributed by atoms with Gasteiger partial charge in [-0.1, -0.05) is 0 Å². The van der Waals surface area contributed by atoms with Gasteiger partial charge < -0.3 is 5.32 Å². The SMILES string of the molecule is CNCCCCn1cncn1. The second-order valence-electron chi connectivity index (χ2n) is 2.47. The molecule has 4 nitrogen and oxygen atoms in total. The Morgan fingerprint density at radius 3 is 3.00 bits per heavy atom. The molecule has 0 radical (unpaired) electrons. The van der Waals surface area contributed by atoms with Gasteiger partial charge in [0.25, 0.3) is 0 Å². The van der Waals surface area contributed by atoms with E-state index in [2.05, 4.69) is 15.4 Å². The van der Waals surface area contributed by atoms with Gasteiger partial charge in [0, 0.05) is 6.54 Å². The Labute approximate surface area is 66.6 Å². The highest BCUT2D eigenvalue weighted by Gasteiger charge is 1.89. The van der Waals surface area contributed by atoms with E-state index in [1.165, 1.54) is 6.42 Å². The van der Waals surface area contributed by atoms with Crippen LogP contribution >= 0.6 is 0 Å². The molecule has 1 heterocycles. The zero-order valence-corrected chi connectivity index (χ0v) is 6.82. The van der Waals surface area contributed by atoms with E-state index in [9.17, 15) is 0 Å². The van der Waals surface area contributed by atoms with Crippen molar-refractivity contribution in [2.45, 2.75) is 19.4 Å². The van der Waals surface area contributed by atoms with E-state index in [1.807, 2.05) is 11.7 Å². The average Bonchev–Trinajstić information content (AvgIpc) is 2.50. The maximum absolute atomic E-state index is 4.00. The molecule has 1 N–H and O–H groups in total. The zero-order valence-electron chi connectivity index (χ0n) is 6.82. The standard InChI is InChI=1S/C7H14N4/c1-8-4-2-3-5-11-7-9-6-10-11/h6-8H,2-5H2,1H3. The number of nitrogens with one attached hydrogen (secondary N) is 1. The number of aryl methyl sites for hydroxylation is 1. The van der Waals surface area contributed by atoms with E-state index >= 15 is 0 Å². The zero-order chi connectivity index (χ0) is 7.94. The van der Waals surface area contributed by atoms with Gasteiger partial charge in [-0.25, -0.2) is 4.98 Å². The highest BCUT2D eigenvalue weighted by Crippen LogP contribution is 1.90. The summed E-state index contributed by atoms with van der Waals surface area (Å²) in [5, 5.41) is 7.10. The molecule has 0 saturated carbocycles. The van der Waals surface area contributed by atoms with Crippen molar-refractivity contribution in [1.82, 2.24) is 20.1 Å². The average molecular weight is 154 g/mol. The summed E-state index contributed by atoms with van der Waals surface area (Å²) >= 11 is 0. The first kappa shape index (κ1) is 8.20. The summed E-state index contributed by atoms with van der Waals surface area (Å²) in [6.45, 7) is 2.05. The van der Waals surface area contributed by atoms with Gasteiger partial charge in [-0.2, -0.15) is 5.10 Å². The first-order valence-electron chi connectivity index (χ1n) is 3.90. The van der Waals surface area contributed by atoms with E-state index in [-0.39, 0.29) is 0 Å². The van der Waals surface area contributed by atoms with Crippen LogP contribution in [0.5, 0.6) is 0 Å². The van der Waals surface area contributed by atoms with E-state index in [0.29, 0.717) is 0 Å². The Morgan fingerprint density at radius 1 is 1.45 bits per heavy atom. The van der Waals surface area contributed by atoms with Crippen LogP contribution in [-0.4, -0.2) is 28.4 Å². The van der Waals surface area contributed by atoms with Crippen LogP contribution in [0.1, 0.15) is 12.8 Å². The summed E-state index contributed by atoms with van der Waals surface area (Å²) in [4.78, 5) is 3.86. The molecule has 4 heteroatoms. The number of unbranched alkanes of at least 4 members (excludes halogenated alkanes) is 1. The summed E-state index contributed by atoms with van der Waals surface area (Å²) in [5.74, 6) is 0. The summed E-state index contributed by atoms with van der Waals surface area (Å²) < 4.78 is 1.86. The Balaban J connectivity index is 2.04. The molecule has 1 rings (SSSR count). The van der Waals surface area contributed by atoms with Gasteiger partial charge in [-0.05, 0) is 26.4 Å². The van der Waals surface area contributed by atoms with Crippen molar-refractivity contribution >= 4 is 0 Å². The lowest BCUT2D eigenvalue weighted by Crippen LogP contribution is -2.08. The van der Waals surface area contributed by atoms with Crippen LogP contribution in [0.15, 0.2) is 12.7 Å². The molecular weight excluding hydrogens is 140 g/mol.